The van der Waals surface area contributed by atoms with Crippen molar-refractivity contribution in [1.82, 2.24) is 15.1 Å². The van der Waals surface area contributed by atoms with Gasteiger partial charge in [0, 0.05) is 45.1 Å². The maximum Gasteiger partial charge on any atom is 0.240 e. The molecule has 3 N–H and O–H groups in total. The second-order valence-electron chi connectivity index (χ2n) is 4.72. The predicted molar refractivity (Wildman–Crippen MR) is 66.9 cm³/mol. The smallest absolute Gasteiger partial charge is 0.240 e. The maximum absolute atomic E-state index is 12.0. The molecule has 2 heterocycles. The number of nitrogens with zero attached hydrogens (tertiary/aromatic N) is 2. The molecule has 100 valence electrons. The van der Waals surface area contributed by atoms with E-state index in [0.29, 0.717) is 32.6 Å². The molecule has 6 heteroatoms. The highest BCUT2D eigenvalue weighted by molar-refractivity contribution is 5.86. The number of carbonyl (C=O) groups is 1. The summed E-state index contributed by atoms with van der Waals surface area (Å²) in [5, 5.41) is 6.98. The molecule has 1 amide bonds. The molecule has 1 aromatic heterocycles. The molecule has 1 fully saturated rings. The van der Waals surface area contributed by atoms with Gasteiger partial charge in [-0.05, 0) is 18.9 Å². The highest BCUT2D eigenvalue weighted by Crippen LogP contribution is 2.17. The fraction of sp³-hybridized carbons (Fsp3) is 0.667. The van der Waals surface area contributed by atoms with E-state index >= 15 is 0 Å². The fourth-order valence-corrected chi connectivity index (χ4v) is 2.09. The van der Waals surface area contributed by atoms with E-state index in [9.17, 15) is 4.79 Å². The van der Waals surface area contributed by atoms with E-state index in [2.05, 4.69) is 10.4 Å². The summed E-state index contributed by atoms with van der Waals surface area (Å²) in [4.78, 5) is 12.0. The number of carbonyl (C=O) groups excluding carboxylic acids is 1. The van der Waals surface area contributed by atoms with Crippen molar-refractivity contribution in [2.45, 2.75) is 24.8 Å². The van der Waals surface area contributed by atoms with Crippen molar-refractivity contribution in [2.24, 2.45) is 12.8 Å². The van der Waals surface area contributed by atoms with Crippen molar-refractivity contribution in [3.05, 3.63) is 18.0 Å². The summed E-state index contributed by atoms with van der Waals surface area (Å²) in [6.45, 7) is 1.70. The molecule has 1 aliphatic rings. The standard InChI is InChI=1S/C12H20N4O2/c1-16-10(3-7-15-16)2-6-14-11(17)12(13)4-8-18-9-5-12/h3,7H,2,4-6,8-9,13H2,1H3,(H,14,17). The summed E-state index contributed by atoms with van der Waals surface area (Å²) in [7, 11) is 1.89. The average molecular weight is 252 g/mol. The molecule has 0 spiro atoms. The normalized spacial score (nSPS) is 18.6. The molecular weight excluding hydrogens is 232 g/mol. The Labute approximate surface area is 106 Å². The summed E-state index contributed by atoms with van der Waals surface area (Å²) >= 11 is 0. The van der Waals surface area contributed by atoms with Crippen molar-refractivity contribution in [3.63, 3.8) is 0 Å². The van der Waals surface area contributed by atoms with Gasteiger partial charge in [-0.3, -0.25) is 9.48 Å². The number of hydrogen-bond donors (Lipinski definition) is 2. The molecular formula is C12H20N4O2. The largest absolute Gasteiger partial charge is 0.381 e. The van der Waals surface area contributed by atoms with Gasteiger partial charge in [0.15, 0.2) is 0 Å². The number of ether oxygens (including phenoxy) is 1. The lowest BCUT2D eigenvalue weighted by Crippen LogP contribution is -2.57. The van der Waals surface area contributed by atoms with Crippen LogP contribution in [0.5, 0.6) is 0 Å². The Kier molecular flexibility index (Phi) is 3.98. The van der Waals surface area contributed by atoms with Crippen LogP contribution in [0.2, 0.25) is 0 Å². The van der Waals surface area contributed by atoms with Crippen LogP contribution >= 0.6 is 0 Å². The molecule has 0 bridgehead atoms. The summed E-state index contributed by atoms with van der Waals surface area (Å²) in [5.41, 5.74) is 6.41. The summed E-state index contributed by atoms with van der Waals surface area (Å²) in [6, 6.07) is 1.94. The number of rotatable bonds is 4. The first kappa shape index (κ1) is 13.0. The lowest BCUT2D eigenvalue weighted by atomic mass is 9.90. The number of aryl methyl sites for hydroxylation is 1. The molecule has 1 aromatic rings. The first-order valence-corrected chi connectivity index (χ1v) is 6.24. The molecule has 1 aliphatic heterocycles. The zero-order valence-electron chi connectivity index (χ0n) is 10.7. The number of nitrogens with one attached hydrogen (secondary N) is 1. The van der Waals surface area contributed by atoms with Crippen LogP contribution in [0.4, 0.5) is 0 Å². The van der Waals surface area contributed by atoms with Gasteiger partial charge < -0.3 is 15.8 Å². The molecule has 0 radical (unpaired) electrons. The van der Waals surface area contributed by atoms with Gasteiger partial charge in [0.2, 0.25) is 5.91 Å². The highest BCUT2D eigenvalue weighted by atomic mass is 16.5. The second kappa shape index (κ2) is 5.49. The minimum atomic E-state index is -0.759. The van der Waals surface area contributed by atoms with Gasteiger partial charge >= 0.3 is 0 Å². The Morgan fingerprint density at radius 3 is 2.94 bits per heavy atom. The molecule has 2 rings (SSSR count). The predicted octanol–water partition coefficient (Wildman–Crippen LogP) is -0.413. The second-order valence-corrected chi connectivity index (χ2v) is 4.72. The van der Waals surface area contributed by atoms with E-state index < -0.39 is 5.54 Å². The van der Waals surface area contributed by atoms with Gasteiger partial charge in [-0.15, -0.1) is 0 Å². The number of nitrogens with two attached hydrogens (primary N) is 1. The van der Waals surface area contributed by atoms with E-state index in [0.717, 1.165) is 12.1 Å². The molecule has 18 heavy (non-hydrogen) atoms. The van der Waals surface area contributed by atoms with Gasteiger partial charge in [0.25, 0.3) is 0 Å². The van der Waals surface area contributed by atoms with E-state index in [1.807, 2.05) is 13.1 Å². The van der Waals surface area contributed by atoms with Crippen LogP contribution in [0.3, 0.4) is 0 Å². The van der Waals surface area contributed by atoms with Crippen molar-refractivity contribution in [2.75, 3.05) is 19.8 Å². The van der Waals surface area contributed by atoms with Crippen molar-refractivity contribution < 1.29 is 9.53 Å². The molecule has 0 unspecified atom stereocenters. The van der Waals surface area contributed by atoms with Gasteiger partial charge in [0.1, 0.15) is 0 Å². The van der Waals surface area contributed by atoms with Crippen LogP contribution < -0.4 is 11.1 Å². The highest BCUT2D eigenvalue weighted by Gasteiger charge is 2.35. The fourth-order valence-electron chi connectivity index (χ4n) is 2.09. The van der Waals surface area contributed by atoms with Gasteiger partial charge in [-0.2, -0.15) is 5.10 Å². The third-order valence-corrected chi connectivity index (χ3v) is 3.43. The van der Waals surface area contributed by atoms with Crippen LogP contribution in [-0.4, -0.2) is 41.0 Å². The van der Waals surface area contributed by atoms with Gasteiger partial charge in [0.05, 0.1) is 5.54 Å². The van der Waals surface area contributed by atoms with Crippen LogP contribution in [0, 0.1) is 0 Å². The van der Waals surface area contributed by atoms with Crippen LogP contribution in [0.1, 0.15) is 18.5 Å². The monoisotopic (exact) mass is 252 g/mol. The minimum Gasteiger partial charge on any atom is -0.381 e. The van der Waals surface area contributed by atoms with E-state index in [1.54, 1.807) is 10.9 Å². The molecule has 0 aromatic carbocycles. The first-order valence-electron chi connectivity index (χ1n) is 6.24. The maximum atomic E-state index is 12.0. The quantitative estimate of drug-likeness (QED) is 0.763. The number of amides is 1. The molecule has 6 nitrogen and oxygen atoms in total. The third kappa shape index (κ3) is 2.88. The minimum absolute atomic E-state index is 0.0760. The summed E-state index contributed by atoms with van der Waals surface area (Å²) in [5.74, 6) is -0.0760. The SMILES string of the molecule is Cn1nccc1CCNC(=O)C1(N)CCOCC1. The van der Waals surface area contributed by atoms with E-state index in [1.165, 1.54) is 0 Å². The summed E-state index contributed by atoms with van der Waals surface area (Å²) < 4.78 is 7.03. The molecule has 0 atom stereocenters. The zero-order chi connectivity index (χ0) is 13.0. The Bertz CT molecular complexity index is 410. The Balaban J connectivity index is 1.79. The molecule has 0 saturated carbocycles. The van der Waals surface area contributed by atoms with E-state index in [4.69, 9.17) is 10.5 Å². The van der Waals surface area contributed by atoms with E-state index in [-0.39, 0.29) is 5.91 Å². The molecule has 1 saturated heterocycles. The lowest BCUT2D eigenvalue weighted by molar-refractivity contribution is -0.129. The summed E-state index contributed by atoms with van der Waals surface area (Å²) in [6.07, 6.45) is 3.68. The Morgan fingerprint density at radius 1 is 1.61 bits per heavy atom. The van der Waals surface area contributed by atoms with Gasteiger partial charge in [-0.25, -0.2) is 0 Å². The third-order valence-electron chi connectivity index (χ3n) is 3.43. The van der Waals surface area contributed by atoms with Crippen molar-refractivity contribution in [3.8, 4) is 0 Å². The lowest BCUT2D eigenvalue weighted by Gasteiger charge is -2.31. The number of hydrogen-bond acceptors (Lipinski definition) is 4. The zero-order valence-corrected chi connectivity index (χ0v) is 10.7. The number of aromatic nitrogens is 2. The van der Waals surface area contributed by atoms with Crippen LogP contribution in [0.25, 0.3) is 0 Å². The van der Waals surface area contributed by atoms with Crippen LogP contribution in [-0.2, 0) is 23.0 Å². The topological polar surface area (TPSA) is 82.2 Å². The Morgan fingerprint density at radius 2 is 2.33 bits per heavy atom. The Hall–Kier alpha value is -1.40. The van der Waals surface area contributed by atoms with Crippen LogP contribution in [0.15, 0.2) is 12.3 Å². The van der Waals surface area contributed by atoms with Crippen molar-refractivity contribution in [1.29, 1.82) is 0 Å². The first-order chi connectivity index (χ1) is 8.62. The van der Waals surface area contributed by atoms with Gasteiger partial charge in [-0.1, -0.05) is 0 Å². The average Bonchev–Trinajstić information content (AvgIpc) is 2.76. The molecule has 0 aliphatic carbocycles. The van der Waals surface area contributed by atoms with Crippen molar-refractivity contribution >= 4 is 5.91 Å².